The average molecular weight is 411 g/mol. The van der Waals surface area contributed by atoms with Gasteiger partial charge in [0.1, 0.15) is 5.60 Å². The summed E-state index contributed by atoms with van der Waals surface area (Å²) in [7, 11) is 0. The Morgan fingerprint density at radius 2 is 1.76 bits per heavy atom. The van der Waals surface area contributed by atoms with Gasteiger partial charge in [-0.2, -0.15) is 5.26 Å². The van der Waals surface area contributed by atoms with E-state index in [9.17, 15) is 10.1 Å². The molecular formula is C24H27ClN2O2. The van der Waals surface area contributed by atoms with Crippen LogP contribution in [0, 0.1) is 17.2 Å². The maximum Gasteiger partial charge on any atom is 0.410 e. The Morgan fingerprint density at radius 1 is 1.14 bits per heavy atom. The van der Waals surface area contributed by atoms with Crippen LogP contribution in [0.4, 0.5) is 4.79 Å². The van der Waals surface area contributed by atoms with Crippen molar-refractivity contribution in [2.45, 2.75) is 45.1 Å². The molecule has 5 heteroatoms. The molecule has 1 amide bonds. The number of rotatable bonds is 3. The Morgan fingerprint density at radius 3 is 2.34 bits per heavy atom. The van der Waals surface area contributed by atoms with Gasteiger partial charge in [0.25, 0.3) is 0 Å². The first-order valence-electron chi connectivity index (χ1n) is 10.0. The number of hydrogen-bond acceptors (Lipinski definition) is 3. The van der Waals surface area contributed by atoms with E-state index in [1.807, 2.05) is 63.2 Å². The van der Waals surface area contributed by atoms with Crippen LogP contribution >= 0.6 is 11.6 Å². The first-order chi connectivity index (χ1) is 13.8. The smallest absolute Gasteiger partial charge is 0.410 e. The summed E-state index contributed by atoms with van der Waals surface area (Å²) in [6, 6.07) is 18.3. The fraction of sp³-hybridized carbons (Fsp3) is 0.417. The number of amides is 1. The number of benzene rings is 2. The average Bonchev–Trinajstić information content (AvgIpc) is 2.69. The highest BCUT2D eigenvalue weighted by Gasteiger charge is 2.32. The maximum absolute atomic E-state index is 12.3. The summed E-state index contributed by atoms with van der Waals surface area (Å²) < 4.78 is 5.48. The standard InChI is InChI=1S/C24H27ClN2O2/c1-24(2,3)29-23(28)27-14-12-18(13-15-27)22(16-26)21-7-5-4-6-20(21)17-8-10-19(25)11-9-17/h4-11,18,22H,12-15H2,1-3H3. The summed E-state index contributed by atoms with van der Waals surface area (Å²) in [4.78, 5) is 14.1. The van der Waals surface area contributed by atoms with E-state index in [4.69, 9.17) is 16.3 Å². The van der Waals surface area contributed by atoms with Crippen molar-refractivity contribution in [3.8, 4) is 17.2 Å². The number of nitrogens with zero attached hydrogens (tertiary/aromatic N) is 2. The van der Waals surface area contributed by atoms with Crippen LogP contribution < -0.4 is 0 Å². The van der Waals surface area contributed by atoms with Gasteiger partial charge < -0.3 is 9.64 Å². The van der Waals surface area contributed by atoms with Crippen molar-refractivity contribution in [2.75, 3.05) is 13.1 Å². The second-order valence-electron chi connectivity index (χ2n) is 8.51. The molecule has 0 spiro atoms. The summed E-state index contributed by atoms with van der Waals surface area (Å²) in [5.74, 6) is -0.0187. The van der Waals surface area contributed by atoms with Crippen LogP contribution in [0.5, 0.6) is 0 Å². The van der Waals surface area contributed by atoms with Gasteiger partial charge in [0.05, 0.1) is 12.0 Å². The zero-order valence-electron chi connectivity index (χ0n) is 17.2. The lowest BCUT2D eigenvalue weighted by atomic mass is 9.78. The lowest BCUT2D eigenvalue weighted by molar-refractivity contribution is 0.0180. The number of carbonyl (C=O) groups excluding carboxylic acids is 1. The molecule has 1 atom stereocenters. The molecule has 0 bridgehead atoms. The third kappa shape index (κ3) is 5.31. The van der Waals surface area contributed by atoms with Crippen LogP contribution in [0.15, 0.2) is 48.5 Å². The third-order valence-corrected chi connectivity index (χ3v) is 5.50. The van der Waals surface area contributed by atoms with Crippen molar-refractivity contribution in [1.82, 2.24) is 4.90 Å². The highest BCUT2D eigenvalue weighted by molar-refractivity contribution is 6.30. The normalized spacial score (nSPS) is 16.2. The van der Waals surface area contributed by atoms with Gasteiger partial charge in [-0.05, 0) is 68.4 Å². The third-order valence-electron chi connectivity index (χ3n) is 5.25. The molecule has 0 aromatic heterocycles. The van der Waals surface area contributed by atoms with E-state index in [2.05, 4.69) is 12.1 Å². The summed E-state index contributed by atoms with van der Waals surface area (Å²) >= 11 is 6.03. The van der Waals surface area contributed by atoms with Gasteiger partial charge in [0.15, 0.2) is 0 Å². The summed E-state index contributed by atoms with van der Waals surface area (Å²) in [6.45, 7) is 6.84. The van der Waals surface area contributed by atoms with E-state index in [1.54, 1.807) is 4.90 Å². The van der Waals surface area contributed by atoms with Gasteiger partial charge in [0, 0.05) is 18.1 Å². The molecule has 1 aliphatic rings. The Labute approximate surface area is 178 Å². The van der Waals surface area contributed by atoms with Crippen LogP contribution in [-0.2, 0) is 4.74 Å². The molecule has 1 aliphatic heterocycles. The van der Waals surface area contributed by atoms with E-state index >= 15 is 0 Å². The Kier molecular flexibility index (Phi) is 6.49. The van der Waals surface area contributed by atoms with Gasteiger partial charge in [0.2, 0.25) is 0 Å². The van der Waals surface area contributed by atoms with Crippen molar-refractivity contribution >= 4 is 17.7 Å². The lowest BCUT2D eigenvalue weighted by Gasteiger charge is -2.35. The zero-order chi connectivity index (χ0) is 21.0. The van der Waals surface area contributed by atoms with Crippen LogP contribution in [0.3, 0.4) is 0 Å². The minimum Gasteiger partial charge on any atom is -0.444 e. The summed E-state index contributed by atoms with van der Waals surface area (Å²) in [5.41, 5.74) is 2.65. The maximum atomic E-state index is 12.3. The highest BCUT2D eigenvalue weighted by Crippen LogP contribution is 2.38. The Bertz CT molecular complexity index is 888. The monoisotopic (exact) mass is 410 g/mol. The zero-order valence-corrected chi connectivity index (χ0v) is 17.9. The lowest BCUT2D eigenvalue weighted by Crippen LogP contribution is -2.42. The molecule has 2 aromatic carbocycles. The molecule has 4 nitrogen and oxygen atoms in total. The fourth-order valence-corrected chi connectivity index (χ4v) is 3.96. The van der Waals surface area contributed by atoms with E-state index in [1.165, 1.54) is 0 Å². The SMILES string of the molecule is CC(C)(C)OC(=O)N1CCC(C(C#N)c2ccccc2-c2ccc(Cl)cc2)CC1. The molecule has 0 saturated carbocycles. The largest absolute Gasteiger partial charge is 0.444 e. The molecule has 3 rings (SSSR count). The van der Waals surface area contributed by atoms with Gasteiger partial charge in [-0.25, -0.2) is 4.79 Å². The number of ether oxygens (including phenoxy) is 1. The van der Waals surface area contributed by atoms with Crippen LogP contribution in [0.25, 0.3) is 11.1 Å². The van der Waals surface area contributed by atoms with Crippen molar-refractivity contribution in [1.29, 1.82) is 5.26 Å². The van der Waals surface area contributed by atoms with Crippen molar-refractivity contribution in [3.05, 3.63) is 59.1 Å². The molecule has 1 fully saturated rings. The number of carbonyl (C=O) groups is 1. The fourth-order valence-electron chi connectivity index (χ4n) is 3.83. The highest BCUT2D eigenvalue weighted by atomic mass is 35.5. The minimum atomic E-state index is -0.499. The molecule has 2 aromatic rings. The number of halogens is 1. The van der Waals surface area contributed by atoms with E-state index in [0.717, 1.165) is 29.5 Å². The number of hydrogen-bond donors (Lipinski definition) is 0. The first kappa shape index (κ1) is 21.2. The minimum absolute atomic E-state index is 0.201. The molecule has 152 valence electrons. The second kappa shape index (κ2) is 8.88. The second-order valence-corrected chi connectivity index (χ2v) is 8.94. The van der Waals surface area contributed by atoms with E-state index < -0.39 is 5.60 Å². The molecule has 0 N–H and O–H groups in total. The predicted octanol–water partition coefficient (Wildman–Crippen LogP) is 6.26. The summed E-state index contributed by atoms with van der Waals surface area (Å²) in [5, 5.41) is 10.7. The van der Waals surface area contributed by atoms with Gasteiger partial charge in [-0.1, -0.05) is 48.0 Å². The Hall–Kier alpha value is -2.51. The van der Waals surface area contributed by atoms with Crippen LogP contribution in [0.2, 0.25) is 5.02 Å². The van der Waals surface area contributed by atoms with Crippen LogP contribution in [-0.4, -0.2) is 29.7 Å². The number of nitriles is 1. The quantitative estimate of drug-likeness (QED) is 0.599. The Balaban J connectivity index is 1.76. The topological polar surface area (TPSA) is 53.3 Å². The van der Waals surface area contributed by atoms with Crippen molar-refractivity contribution in [3.63, 3.8) is 0 Å². The van der Waals surface area contributed by atoms with Crippen LogP contribution in [0.1, 0.15) is 45.1 Å². The molecule has 1 saturated heterocycles. The van der Waals surface area contributed by atoms with E-state index in [0.29, 0.717) is 18.1 Å². The molecule has 1 heterocycles. The molecular weight excluding hydrogens is 384 g/mol. The van der Waals surface area contributed by atoms with Gasteiger partial charge in [-0.15, -0.1) is 0 Å². The number of piperidine rings is 1. The first-order valence-corrected chi connectivity index (χ1v) is 10.4. The van der Waals surface area contributed by atoms with E-state index in [-0.39, 0.29) is 17.9 Å². The van der Waals surface area contributed by atoms with Gasteiger partial charge in [-0.3, -0.25) is 0 Å². The molecule has 1 unspecified atom stereocenters. The number of likely N-dealkylation sites (tertiary alicyclic amines) is 1. The van der Waals surface area contributed by atoms with Crippen molar-refractivity contribution in [2.24, 2.45) is 5.92 Å². The molecule has 0 radical (unpaired) electrons. The molecule has 29 heavy (non-hydrogen) atoms. The van der Waals surface area contributed by atoms with Crippen molar-refractivity contribution < 1.29 is 9.53 Å². The predicted molar refractivity (Wildman–Crippen MR) is 116 cm³/mol. The molecule has 0 aliphatic carbocycles. The van der Waals surface area contributed by atoms with Gasteiger partial charge >= 0.3 is 6.09 Å². The summed E-state index contributed by atoms with van der Waals surface area (Å²) in [6.07, 6.45) is 1.30.